The zero-order chi connectivity index (χ0) is 25.8. The molecular formula is C25H25BrN4O5S. The number of carbonyl (C=O) groups is 2. The van der Waals surface area contributed by atoms with E-state index in [9.17, 15) is 9.59 Å². The molecule has 1 amide bonds. The van der Waals surface area contributed by atoms with E-state index in [0.717, 1.165) is 5.75 Å². The molecule has 0 saturated heterocycles. The third-order valence-corrected chi connectivity index (χ3v) is 6.71. The van der Waals surface area contributed by atoms with E-state index in [1.165, 1.54) is 18.9 Å². The summed E-state index contributed by atoms with van der Waals surface area (Å²) in [6.45, 7) is 5.50. The molecule has 0 spiro atoms. The Morgan fingerprint density at radius 2 is 1.92 bits per heavy atom. The average Bonchev–Trinajstić information content (AvgIpc) is 3.03. The number of carbonyl (C=O) groups excluding carboxylic acids is 2. The maximum Gasteiger partial charge on any atom is 0.311 e. The number of anilines is 1. The van der Waals surface area contributed by atoms with Crippen LogP contribution in [0, 0.1) is 0 Å². The molecule has 11 heteroatoms. The molecule has 1 aliphatic rings. The van der Waals surface area contributed by atoms with Gasteiger partial charge in [0.25, 0.3) is 0 Å². The topological polar surface area (TPSA) is 104 Å². The predicted octanol–water partition coefficient (Wildman–Crippen LogP) is 5.57. The number of fused-ring (bicyclic) bond motifs is 3. The van der Waals surface area contributed by atoms with Gasteiger partial charge in [-0.25, -0.2) is 0 Å². The third kappa shape index (κ3) is 5.03. The lowest BCUT2D eigenvalue weighted by Crippen LogP contribution is -2.37. The fourth-order valence-electron chi connectivity index (χ4n) is 3.73. The van der Waals surface area contributed by atoms with Gasteiger partial charge in [0.05, 0.1) is 17.3 Å². The molecule has 0 unspecified atom stereocenters. The number of hydrogen-bond acceptors (Lipinski definition) is 9. The maximum atomic E-state index is 13.4. The highest BCUT2D eigenvalue weighted by Crippen LogP contribution is 2.46. The van der Waals surface area contributed by atoms with Crippen molar-refractivity contribution in [1.29, 1.82) is 0 Å². The van der Waals surface area contributed by atoms with E-state index in [0.29, 0.717) is 37.9 Å². The molecule has 1 aromatic heterocycles. The number of methoxy groups -OCH3 is 1. The summed E-state index contributed by atoms with van der Waals surface area (Å²) in [5, 5.41) is 9.12. The second-order valence-electron chi connectivity index (χ2n) is 7.65. The molecule has 0 N–H and O–H groups in total. The van der Waals surface area contributed by atoms with Crippen molar-refractivity contribution in [2.75, 3.05) is 17.8 Å². The Kier molecular flexibility index (Phi) is 8.10. The monoisotopic (exact) mass is 572 g/mol. The van der Waals surface area contributed by atoms with Crippen molar-refractivity contribution >= 4 is 45.3 Å². The Hall–Kier alpha value is -3.18. The Morgan fingerprint density at radius 1 is 1.14 bits per heavy atom. The van der Waals surface area contributed by atoms with Crippen LogP contribution < -0.4 is 19.1 Å². The highest BCUT2D eigenvalue weighted by atomic mass is 79.9. The van der Waals surface area contributed by atoms with Gasteiger partial charge >= 0.3 is 5.97 Å². The number of thioether (sulfide) groups is 1. The van der Waals surface area contributed by atoms with Gasteiger partial charge in [-0.05, 0) is 39.9 Å². The minimum absolute atomic E-state index is 0.159. The number of amides is 1. The molecule has 0 radical (unpaired) electrons. The SMILES string of the molecule is CCSc1nnc2c(n1)O[C@H](c1cc(Br)c(OC(=O)CC)c(OC)c1)N(C(=O)CC)c1ccccc1-2. The number of halogens is 1. The van der Waals surface area contributed by atoms with Crippen LogP contribution in [-0.2, 0) is 9.59 Å². The van der Waals surface area contributed by atoms with Crippen molar-refractivity contribution in [2.45, 2.75) is 45.0 Å². The first-order valence-corrected chi connectivity index (χ1v) is 13.2. The van der Waals surface area contributed by atoms with Crippen molar-refractivity contribution in [3.05, 3.63) is 46.4 Å². The van der Waals surface area contributed by atoms with Crippen LogP contribution in [0.2, 0.25) is 0 Å². The molecule has 2 heterocycles. The first kappa shape index (κ1) is 25.9. The Bertz CT molecular complexity index is 1310. The van der Waals surface area contributed by atoms with E-state index in [1.807, 2.05) is 31.2 Å². The first-order chi connectivity index (χ1) is 17.4. The van der Waals surface area contributed by atoms with E-state index >= 15 is 0 Å². The first-order valence-electron chi connectivity index (χ1n) is 11.4. The number of para-hydroxylation sites is 1. The fraction of sp³-hybridized carbons (Fsp3) is 0.320. The molecule has 0 bridgehead atoms. The molecule has 188 valence electrons. The minimum atomic E-state index is -0.905. The zero-order valence-electron chi connectivity index (χ0n) is 20.3. The van der Waals surface area contributed by atoms with Gasteiger partial charge in [-0.2, -0.15) is 4.98 Å². The molecule has 2 aromatic carbocycles. The Balaban J connectivity index is 1.93. The number of hydrogen-bond donors (Lipinski definition) is 0. The van der Waals surface area contributed by atoms with Crippen LogP contribution in [0.5, 0.6) is 17.4 Å². The van der Waals surface area contributed by atoms with Crippen molar-refractivity contribution in [3.63, 3.8) is 0 Å². The van der Waals surface area contributed by atoms with Crippen molar-refractivity contribution in [1.82, 2.24) is 15.2 Å². The van der Waals surface area contributed by atoms with Gasteiger partial charge in [0.2, 0.25) is 23.2 Å². The Morgan fingerprint density at radius 3 is 2.61 bits per heavy atom. The van der Waals surface area contributed by atoms with E-state index < -0.39 is 12.2 Å². The molecule has 1 aliphatic heterocycles. The second kappa shape index (κ2) is 11.3. The number of ether oxygens (including phenoxy) is 3. The van der Waals surface area contributed by atoms with Crippen molar-refractivity contribution < 1.29 is 23.8 Å². The predicted molar refractivity (Wildman–Crippen MR) is 139 cm³/mol. The van der Waals surface area contributed by atoms with E-state index in [2.05, 4.69) is 31.1 Å². The Labute approximate surface area is 221 Å². The van der Waals surface area contributed by atoms with Crippen LogP contribution in [0.1, 0.15) is 45.4 Å². The highest BCUT2D eigenvalue weighted by molar-refractivity contribution is 9.10. The summed E-state index contributed by atoms with van der Waals surface area (Å²) in [5.41, 5.74) is 2.34. The van der Waals surface area contributed by atoms with Crippen LogP contribution in [0.25, 0.3) is 11.3 Å². The van der Waals surface area contributed by atoms with Gasteiger partial charge in [0, 0.05) is 24.0 Å². The largest absolute Gasteiger partial charge is 0.493 e. The lowest BCUT2D eigenvalue weighted by Gasteiger charge is -2.31. The summed E-state index contributed by atoms with van der Waals surface area (Å²) in [5.74, 6) is 1.04. The number of nitrogens with zero attached hydrogens (tertiary/aromatic N) is 4. The number of aromatic nitrogens is 3. The number of rotatable bonds is 7. The molecule has 0 saturated carbocycles. The summed E-state index contributed by atoms with van der Waals surface area (Å²) in [6, 6.07) is 10.9. The van der Waals surface area contributed by atoms with Gasteiger partial charge in [-0.3, -0.25) is 14.5 Å². The van der Waals surface area contributed by atoms with Crippen molar-refractivity contribution in [3.8, 4) is 28.6 Å². The average molecular weight is 573 g/mol. The summed E-state index contributed by atoms with van der Waals surface area (Å²) < 4.78 is 17.9. The molecule has 36 heavy (non-hydrogen) atoms. The summed E-state index contributed by atoms with van der Waals surface area (Å²) >= 11 is 4.94. The standard InChI is InChI=1S/C25H25BrN4O5S/c1-5-19(31)30-17-11-9-8-10-15(17)21-23(27-25(29-28-21)36-7-3)35-24(30)14-12-16(26)22(18(13-14)33-4)34-20(32)6-2/h8-13,24H,5-7H2,1-4H3/t24-/m1/s1. The molecular weight excluding hydrogens is 548 g/mol. The fourth-order valence-corrected chi connectivity index (χ4v) is 4.77. The summed E-state index contributed by atoms with van der Waals surface area (Å²) in [7, 11) is 1.48. The number of benzene rings is 2. The second-order valence-corrected chi connectivity index (χ2v) is 9.73. The zero-order valence-corrected chi connectivity index (χ0v) is 22.7. The lowest BCUT2D eigenvalue weighted by molar-refractivity contribution is -0.134. The molecule has 3 aromatic rings. The van der Waals surface area contributed by atoms with E-state index in [1.54, 1.807) is 30.9 Å². The highest BCUT2D eigenvalue weighted by Gasteiger charge is 2.36. The minimum Gasteiger partial charge on any atom is -0.493 e. The van der Waals surface area contributed by atoms with Gasteiger partial charge in [0.15, 0.2) is 17.2 Å². The van der Waals surface area contributed by atoms with Gasteiger partial charge < -0.3 is 14.2 Å². The van der Waals surface area contributed by atoms with Gasteiger partial charge in [0.1, 0.15) is 0 Å². The van der Waals surface area contributed by atoms with E-state index in [-0.39, 0.29) is 30.4 Å². The van der Waals surface area contributed by atoms with Crippen LogP contribution in [-0.4, -0.2) is 39.9 Å². The van der Waals surface area contributed by atoms with Crippen molar-refractivity contribution in [2.24, 2.45) is 0 Å². The molecule has 0 aliphatic carbocycles. The van der Waals surface area contributed by atoms with Gasteiger partial charge in [-0.15, -0.1) is 10.2 Å². The molecule has 0 fully saturated rings. The van der Waals surface area contributed by atoms with E-state index in [4.69, 9.17) is 14.2 Å². The molecule has 9 nitrogen and oxygen atoms in total. The molecule has 4 rings (SSSR count). The normalized spacial score (nSPS) is 14.2. The van der Waals surface area contributed by atoms with Crippen LogP contribution in [0.3, 0.4) is 0 Å². The quantitative estimate of drug-likeness (QED) is 0.204. The maximum absolute atomic E-state index is 13.4. The third-order valence-electron chi connectivity index (χ3n) is 5.40. The van der Waals surface area contributed by atoms with Crippen LogP contribution in [0.4, 0.5) is 5.69 Å². The summed E-state index contributed by atoms with van der Waals surface area (Å²) in [4.78, 5) is 31.5. The summed E-state index contributed by atoms with van der Waals surface area (Å²) in [6.07, 6.45) is -0.456. The van der Waals surface area contributed by atoms with Crippen LogP contribution in [0.15, 0.2) is 46.0 Å². The number of esters is 1. The smallest absolute Gasteiger partial charge is 0.311 e. The van der Waals surface area contributed by atoms with Crippen LogP contribution >= 0.6 is 27.7 Å². The molecule has 1 atom stereocenters. The lowest BCUT2D eigenvalue weighted by atomic mass is 10.1. The van der Waals surface area contributed by atoms with Gasteiger partial charge in [-0.1, -0.05) is 50.7 Å².